The van der Waals surface area contributed by atoms with Gasteiger partial charge in [-0.05, 0) is 64.8 Å². The van der Waals surface area contributed by atoms with Gasteiger partial charge >= 0.3 is 0 Å². The summed E-state index contributed by atoms with van der Waals surface area (Å²) >= 11 is 0. The van der Waals surface area contributed by atoms with Gasteiger partial charge < -0.3 is 10.2 Å². The number of nitrogens with zero attached hydrogens (tertiary/aromatic N) is 1. The minimum atomic E-state index is 0.133. The second kappa shape index (κ2) is 5.16. The molecule has 0 saturated carbocycles. The Labute approximate surface area is 118 Å². The van der Waals surface area contributed by atoms with Crippen LogP contribution >= 0.6 is 0 Å². The molecule has 1 aromatic rings. The average Bonchev–Trinajstić information content (AvgIpc) is 2.45. The zero-order valence-corrected chi connectivity index (χ0v) is 13.1. The van der Waals surface area contributed by atoms with E-state index in [1.54, 1.807) is 0 Å². The minimum Gasteiger partial charge on any atom is -0.360 e. The molecule has 0 amide bonds. The lowest BCUT2D eigenvalue weighted by Gasteiger charge is -2.49. The standard InChI is InChI=1S/C17H28N2/c1-6-14-7-9-15(10-8-14)19-16(2,3)11-12-18-13-17(19,4)5/h7-10,18H,6,11-13H2,1-5H3. The number of benzene rings is 1. The minimum absolute atomic E-state index is 0.133. The van der Waals surface area contributed by atoms with E-state index >= 15 is 0 Å². The van der Waals surface area contributed by atoms with E-state index in [1.807, 2.05) is 0 Å². The van der Waals surface area contributed by atoms with Crippen LogP contribution in [-0.4, -0.2) is 24.2 Å². The number of aryl methyl sites for hydroxylation is 1. The molecule has 0 spiro atoms. The fourth-order valence-corrected chi connectivity index (χ4v) is 3.38. The normalized spacial score (nSPS) is 22.1. The van der Waals surface area contributed by atoms with Crippen molar-refractivity contribution >= 4 is 5.69 Å². The summed E-state index contributed by atoms with van der Waals surface area (Å²) in [5.74, 6) is 0. The molecule has 1 heterocycles. The quantitative estimate of drug-likeness (QED) is 0.874. The molecular formula is C17H28N2. The third kappa shape index (κ3) is 2.94. The van der Waals surface area contributed by atoms with Crippen LogP contribution in [0.15, 0.2) is 24.3 Å². The summed E-state index contributed by atoms with van der Waals surface area (Å²) < 4.78 is 0. The summed E-state index contributed by atoms with van der Waals surface area (Å²) in [5, 5.41) is 3.57. The summed E-state index contributed by atoms with van der Waals surface area (Å²) in [7, 11) is 0. The van der Waals surface area contributed by atoms with Crippen LogP contribution in [0.4, 0.5) is 5.69 Å². The molecule has 1 N–H and O–H groups in total. The molecule has 1 aliphatic heterocycles. The lowest BCUT2D eigenvalue weighted by Crippen LogP contribution is -2.57. The van der Waals surface area contributed by atoms with E-state index in [1.165, 1.54) is 17.7 Å². The highest BCUT2D eigenvalue weighted by Crippen LogP contribution is 2.35. The molecule has 2 nitrogen and oxygen atoms in total. The summed E-state index contributed by atoms with van der Waals surface area (Å²) in [6, 6.07) is 9.10. The SMILES string of the molecule is CCc1ccc(N2C(C)(C)CCNCC2(C)C)cc1. The first-order chi connectivity index (χ1) is 8.87. The summed E-state index contributed by atoms with van der Waals surface area (Å²) in [4.78, 5) is 2.60. The van der Waals surface area contributed by atoms with Crippen molar-refractivity contribution in [2.24, 2.45) is 0 Å². The predicted molar refractivity (Wildman–Crippen MR) is 83.9 cm³/mol. The van der Waals surface area contributed by atoms with E-state index in [4.69, 9.17) is 0 Å². The monoisotopic (exact) mass is 260 g/mol. The van der Waals surface area contributed by atoms with Crippen LogP contribution in [0.5, 0.6) is 0 Å². The fourth-order valence-electron chi connectivity index (χ4n) is 3.38. The first kappa shape index (κ1) is 14.4. The summed E-state index contributed by atoms with van der Waals surface area (Å²) in [5.41, 5.74) is 3.07. The Bertz CT molecular complexity index is 399. The van der Waals surface area contributed by atoms with E-state index in [0.29, 0.717) is 0 Å². The Morgan fingerprint density at radius 1 is 1.05 bits per heavy atom. The third-order valence-corrected chi connectivity index (χ3v) is 4.28. The molecule has 0 radical (unpaired) electrons. The molecule has 1 fully saturated rings. The Hall–Kier alpha value is -1.02. The maximum Gasteiger partial charge on any atom is 0.0475 e. The van der Waals surface area contributed by atoms with Gasteiger partial charge in [0.2, 0.25) is 0 Å². The molecule has 19 heavy (non-hydrogen) atoms. The Balaban J connectivity index is 2.40. The number of hydrogen-bond acceptors (Lipinski definition) is 2. The maximum absolute atomic E-state index is 3.57. The van der Waals surface area contributed by atoms with Crippen molar-refractivity contribution in [1.82, 2.24) is 5.32 Å². The number of nitrogens with one attached hydrogen (secondary N) is 1. The van der Waals surface area contributed by atoms with Crippen molar-refractivity contribution in [1.29, 1.82) is 0 Å². The second-order valence-corrected chi connectivity index (χ2v) is 6.91. The highest BCUT2D eigenvalue weighted by molar-refractivity contribution is 5.53. The van der Waals surface area contributed by atoms with Gasteiger partial charge in [0.25, 0.3) is 0 Å². The molecule has 0 atom stereocenters. The molecule has 0 aromatic heterocycles. The zero-order chi connectivity index (χ0) is 14.1. The van der Waals surface area contributed by atoms with Crippen LogP contribution in [0.2, 0.25) is 0 Å². The summed E-state index contributed by atoms with van der Waals surface area (Å²) in [6.07, 6.45) is 2.28. The van der Waals surface area contributed by atoms with Crippen LogP contribution < -0.4 is 10.2 Å². The van der Waals surface area contributed by atoms with Gasteiger partial charge in [-0.2, -0.15) is 0 Å². The van der Waals surface area contributed by atoms with Gasteiger partial charge in [0.1, 0.15) is 0 Å². The maximum atomic E-state index is 3.57. The second-order valence-electron chi connectivity index (χ2n) is 6.91. The number of anilines is 1. The van der Waals surface area contributed by atoms with Gasteiger partial charge in [-0.25, -0.2) is 0 Å². The fraction of sp³-hybridized carbons (Fsp3) is 0.647. The van der Waals surface area contributed by atoms with E-state index in [2.05, 4.69) is 69.1 Å². The van der Waals surface area contributed by atoms with Crippen molar-refractivity contribution < 1.29 is 0 Å². The highest BCUT2D eigenvalue weighted by Gasteiger charge is 2.39. The van der Waals surface area contributed by atoms with Crippen LogP contribution in [0.25, 0.3) is 0 Å². The van der Waals surface area contributed by atoms with E-state index < -0.39 is 0 Å². The van der Waals surface area contributed by atoms with Gasteiger partial charge in [-0.1, -0.05) is 19.1 Å². The zero-order valence-electron chi connectivity index (χ0n) is 13.1. The molecular weight excluding hydrogens is 232 g/mol. The molecule has 0 bridgehead atoms. The molecule has 1 aliphatic rings. The van der Waals surface area contributed by atoms with Crippen molar-refractivity contribution in [2.75, 3.05) is 18.0 Å². The van der Waals surface area contributed by atoms with Gasteiger partial charge in [-0.15, -0.1) is 0 Å². The van der Waals surface area contributed by atoms with Crippen molar-refractivity contribution in [2.45, 2.75) is 58.5 Å². The Morgan fingerprint density at radius 3 is 2.26 bits per heavy atom. The largest absolute Gasteiger partial charge is 0.360 e. The van der Waals surface area contributed by atoms with Gasteiger partial charge in [0.15, 0.2) is 0 Å². The van der Waals surface area contributed by atoms with Gasteiger partial charge in [0.05, 0.1) is 0 Å². The third-order valence-electron chi connectivity index (χ3n) is 4.28. The first-order valence-corrected chi connectivity index (χ1v) is 7.47. The number of rotatable bonds is 2. The topological polar surface area (TPSA) is 15.3 Å². The molecule has 1 aromatic carbocycles. The van der Waals surface area contributed by atoms with Gasteiger partial charge in [-0.3, -0.25) is 0 Å². The smallest absolute Gasteiger partial charge is 0.0475 e. The van der Waals surface area contributed by atoms with Gasteiger partial charge in [0, 0.05) is 23.3 Å². The lowest BCUT2D eigenvalue weighted by atomic mass is 9.91. The van der Waals surface area contributed by atoms with Crippen LogP contribution in [-0.2, 0) is 6.42 Å². The number of hydrogen-bond donors (Lipinski definition) is 1. The van der Waals surface area contributed by atoms with Crippen molar-refractivity contribution in [3.8, 4) is 0 Å². The highest BCUT2D eigenvalue weighted by atomic mass is 15.3. The summed E-state index contributed by atoms with van der Waals surface area (Å²) in [6.45, 7) is 13.7. The Morgan fingerprint density at radius 2 is 1.68 bits per heavy atom. The molecule has 0 aliphatic carbocycles. The van der Waals surface area contributed by atoms with E-state index in [-0.39, 0.29) is 11.1 Å². The molecule has 2 heteroatoms. The first-order valence-electron chi connectivity index (χ1n) is 7.47. The van der Waals surface area contributed by atoms with Crippen LogP contribution in [0.3, 0.4) is 0 Å². The Kier molecular flexibility index (Phi) is 3.91. The van der Waals surface area contributed by atoms with Crippen LogP contribution in [0.1, 0.15) is 46.6 Å². The molecule has 1 saturated heterocycles. The lowest BCUT2D eigenvalue weighted by molar-refractivity contribution is 0.357. The molecule has 106 valence electrons. The van der Waals surface area contributed by atoms with Crippen LogP contribution in [0, 0.1) is 0 Å². The van der Waals surface area contributed by atoms with E-state index in [0.717, 1.165) is 19.5 Å². The van der Waals surface area contributed by atoms with Crippen molar-refractivity contribution in [3.05, 3.63) is 29.8 Å². The molecule has 0 unspecified atom stereocenters. The average molecular weight is 260 g/mol. The van der Waals surface area contributed by atoms with Crippen molar-refractivity contribution in [3.63, 3.8) is 0 Å². The molecule has 2 rings (SSSR count). The predicted octanol–water partition coefficient (Wildman–Crippen LogP) is 3.61. The van der Waals surface area contributed by atoms with E-state index in [9.17, 15) is 0 Å².